The number of hydrogen-bond donors (Lipinski definition) is 4. The number of rotatable bonds is 4. The van der Waals surface area contributed by atoms with Crippen LogP contribution < -0.4 is 10.2 Å². The van der Waals surface area contributed by atoms with E-state index in [1.54, 1.807) is 29.5 Å². The zero-order valence-corrected chi connectivity index (χ0v) is 22.8. The SMILES string of the molecule is CC(=O)O.CC(=O)O.CC(=O)O.CC1(C)C(=O)N([C@H]2C[C@H](Nc3ccc(-n4cccn4)cn3)C2)c2nccnc21. The van der Waals surface area contributed by atoms with Crippen molar-refractivity contribution in [2.45, 2.75) is 65.0 Å². The van der Waals surface area contributed by atoms with Gasteiger partial charge in [0, 0.05) is 57.6 Å². The van der Waals surface area contributed by atoms with Gasteiger partial charge in [0.2, 0.25) is 5.91 Å². The lowest BCUT2D eigenvalue weighted by atomic mass is 9.84. The average molecular weight is 556 g/mol. The van der Waals surface area contributed by atoms with Gasteiger partial charge in [0.05, 0.1) is 23.0 Å². The van der Waals surface area contributed by atoms with E-state index in [9.17, 15) is 4.79 Å². The Morgan fingerprint density at radius 2 is 1.50 bits per heavy atom. The number of anilines is 2. The Kier molecular flexibility index (Phi) is 10.8. The molecule has 1 saturated carbocycles. The third kappa shape index (κ3) is 8.58. The van der Waals surface area contributed by atoms with E-state index in [-0.39, 0.29) is 18.0 Å². The Labute approximate surface area is 230 Å². The van der Waals surface area contributed by atoms with Crippen molar-refractivity contribution >= 4 is 35.5 Å². The van der Waals surface area contributed by atoms with Crippen molar-refractivity contribution in [1.29, 1.82) is 0 Å². The lowest BCUT2D eigenvalue weighted by Gasteiger charge is -2.41. The minimum atomic E-state index is -0.833. The van der Waals surface area contributed by atoms with E-state index in [0.29, 0.717) is 5.82 Å². The van der Waals surface area contributed by atoms with E-state index >= 15 is 0 Å². The highest BCUT2D eigenvalue weighted by Gasteiger charge is 2.51. The Balaban J connectivity index is 0.000000399. The standard InChI is InChI=1S/C20H21N7O.3C2H4O2/c1-20(2)17-18(22-8-7-21-17)27(19(20)28)15-10-13(11-15)25-16-5-4-14(12-23-16)26-9-3-6-24-26;3*1-2(3)4/h3-9,12-13,15H,10-11H2,1-2H3,(H,23,25);3*1H3,(H,3,4)/t13-,15-;;;. The molecule has 3 aromatic rings. The summed E-state index contributed by atoms with van der Waals surface area (Å²) in [5.41, 5.74) is 1.07. The van der Waals surface area contributed by atoms with E-state index in [0.717, 1.165) is 50.8 Å². The van der Waals surface area contributed by atoms with Gasteiger partial charge in [0.15, 0.2) is 5.82 Å². The topological polar surface area (TPSA) is 201 Å². The Hall–Kier alpha value is -4.88. The van der Waals surface area contributed by atoms with Crippen LogP contribution in [0.2, 0.25) is 0 Å². The molecule has 5 rings (SSSR count). The molecule has 0 spiro atoms. The second kappa shape index (κ2) is 13.8. The van der Waals surface area contributed by atoms with Gasteiger partial charge in [0.1, 0.15) is 5.82 Å². The minimum absolute atomic E-state index is 0.0823. The van der Waals surface area contributed by atoms with Crippen LogP contribution in [0.5, 0.6) is 0 Å². The number of carboxylic acids is 3. The molecule has 2 aliphatic rings. The molecule has 1 fully saturated rings. The highest BCUT2D eigenvalue weighted by Crippen LogP contribution is 2.43. The molecule has 4 heterocycles. The van der Waals surface area contributed by atoms with Crippen molar-refractivity contribution in [2.24, 2.45) is 0 Å². The van der Waals surface area contributed by atoms with E-state index in [1.807, 2.05) is 43.1 Å². The third-order valence-electron chi connectivity index (χ3n) is 5.60. The van der Waals surface area contributed by atoms with Crippen LogP contribution >= 0.6 is 0 Å². The molecule has 0 aromatic carbocycles. The fraction of sp³-hybridized carbons (Fsp3) is 0.385. The summed E-state index contributed by atoms with van der Waals surface area (Å²) < 4.78 is 1.77. The van der Waals surface area contributed by atoms with E-state index in [2.05, 4.69) is 25.4 Å². The molecule has 1 aliphatic heterocycles. The summed E-state index contributed by atoms with van der Waals surface area (Å²) in [6, 6.07) is 6.24. The van der Waals surface area contributed by atoms with Crippen LogP contribution in [-0.4, -0.2) is 76.0 Å². The normalized spacial score (nSPS) is 17.7. The number of carbonyl (C=O) groups excluding carboxylic acids is 1. The van der Waals surface area contributed by atoms with Gasteiger partial charge in [-0.15, -0.1) is 0 Å². The molecule has 214 valence electrons. The first kappa shape index (κ1) is 31.3. The summed E-state index contributed by atoms with van der Waals surface area (Å²) in [5.74, 6) is -0.880. The molecule has 0 saturated heterocycles. The maximum Gasteiger partial charge on any atom is 0.300 e. The summed E-state index contributed by atoms with van der Waals surface area (Å²) in [6.45, 7) is 7.09. The molecule has 14 heteroatoms. The molecule has 0 bridgehead atoms. The van der Waals surface area contributed by atoms with Crippen molar-refractivity contribution in [3.8, 4) is 5.69 Å². The van der Waals surface area contributed by atoms with Crippen molar-refractivity contribution < 1.29 is 34.5 Å². The molecule has 1 amide bonds. The molecular weight excluding hydrogens is 522 g/mol. The highest BCUT2D eigenvalue weighted by atomic mass is 16.4. The smallest absolute Gasteiger partial charge is 0.300 e. The molecule has 1 aliphatic carbocycles. The second-order valence-corrected chi connectivity index (χ2v) is 9.40. The fourth-order valence-corrected chi connectivity index (χ4v) is 3.94. The number of pyridine rings is 1. The van der Waals surface area contributed by atoms with E-state index in [4.69, 9.17) is 29.7 Å². The first-order valence-corrected chi connectivity index (χ1v) is 12.2. The van der Waals surface area contributed by atoms with Crippen LogP contribution in [0.25, 0.3) is 5.69 Å². The predicted octanol–water partition coefficient (Wildman–Crippen LogP) is 2.60. The van der Waals surface area contributed by atoms with Crippen molar-refractivity contribution in [2.75, 3.05) is 10.2 Å². The monoisotopic (exact) mass is 555 g/mol. The lowest BCUT2D eigenvalue weighted by molar-refractivity contribution is -0.135. The number of fused-ring (bicyclic) bond motifs is 1. The molecular formula is C26H33N7O7. The largest absolute Gasteiger partial charge is 0.481 e. The van der Waals surface area contributed by atoms with Gasteiger partial charge < -0.3 is 20.6 Å². The predicted molar refractivity (Wildman–Crippen MR) is 144 cm³/mol. The number of nitrogens with one attached hydrogen (secondary N) is 1. The number of carboxylic acid groups (broad SMARTS) is 3. The minimum Gasteiger partial charge on any atom is -0.481 e. The van der Waals surface area contributed by atoms with Crippen molar-refractivity contribution in [3.05, 3.63) is 54.9 Å². The van der Waals surface area contributed by atoms with Crippen LogP contribution in [0, 0.1) is 0 Å². The number of carbonyl (C=O) groups is 4. The summed E-state index contributed by atoms with van der Waals surface area (Å²) >= 11 is 0. The maximum atomic E-state index is 12.9. The molecule has 0 atom stereocenters. The van der Waals surface area contributed by atoms with Gasteiger partial charge in [0.25, 0.3) is 17.9 Å². The number of hydrogen-bond acceptors (Lipinski definition) is 9. The average Bonchev–Trinajstić information content (AvgIpc) is 3.43. The molecule has 3 aromatic heterocycles. The Morgan fingerprint density at radius 1 is 0.925 bits per heavy atom. The van der Waals surface area contributed by atoms with Crippen molar-refractivity contribution in [3.63, 3.8) is 0 Å². The number of aliphatic carboxylic acids is 3. The Bertz CT molecular complexity index is 1260. The maximum absolute atomic E-state index is 12.9. The summed E-state index contributed by atoms with van der Waals surface area (Å²) in [4.78, 5) is 55.1. The molecule has 0 radical (unpaired) electrons. The molecule has 0 unspecified atom stereocenters. The first-order valence-electron chi connectivity index (χ1n) is 12.2. The molecule has 14 nitrogen and oxygen atoms in total. The van der Waals surface area contributed by atoms with Gasteiger partial charge in [-0.3, -0.25) is 29.1 Å². The van der Waals surface area contributed by atoms with Crippen LogP contribution in [0.4, 0.5) is 11.6 Å². The molecule has 4 N–H and O–H groups in total. The fourth-order valence-electron chi connectivity index (χ4n) is 3.94. The number of amides is 1. The summed E-state index contributed by atoms with van der Waals surface area (Å²) in [5, 5.41) is 29.9. The number of aromatic nitrogens is 5. The van der Waals surface area contributed by atoms with Crippen LogP contribution in [-0.2, 0) is 24.6 Å². The third-order valence-corrected chi connectivity index (χ3v) is 5.60. The van der Waals surface area contributed by atoms with Gasteiger partial charge >= 0.3 is 0 Å². The van der Waals surface area contributed by atoms with Gasteiger partial charge in [-0.05, 0) is 44.9 Å². The highest BCUT2D eigenvalue weighted by molar-refractivity contribution is 6.06. The summed E-state index contributed by atoms with van der Waals surface area (Å²) in [6.07, 6.45) is 10.5. The van der Waals surface area contributed by atoms with Crippen LogP contribution in [0.1, 0.15) is 53.2 Å². The Morgan fingerprint density at radius 3 is 2.00 bits per heavy atom. The van der Waals surface area contributed by atoms with Gasteiger partial charge in [-0.25, -0.2) is 14.6 Å². The summed E-state index contributed by atoms with van der Waals surface area (Å²) in [7, 11) is 0. The zero-order valence-electron chi connectivity index (χ0n) is 22.8. The van der Waals surface area contributed by atoms with Crippen molar-refractivity contribution in [1.82, 2.24) is 24.7 Å². The molecule has 40 heavy (non-hydrogen) atoms. The number of nitrogens with zero attached hydrogens (tertiary/aromatic N) is 6. The van der Waals surface area contributed by atoms with Gasteiger partial charge in [-0.2, -0.15) is 5.10 Å². The quantitative estimate of drug-likeness (QED) is 0.367. The van der Waals surface area contributed by atoms with E-state index < -0.39 is 23.3 Å². The van der Waals surface area contributed by atoms with Crippen LogP contribution in [0.15, 0.2) is 49.2 Å². The lowest BCUT2D eigenvalue weighted by Crippen LogP contribution is -2.53. The zero-order chi connectivity index (χ0) is 30.0. The van der Waals surface area contributed by atoms with Crippen LogP contribution in [0.3, 0.4) is 0 Å². The van der Waals surface area contributed by atoms with E-state index in [1.165, 1.54) is 0 Å². The van der Waals surface area contributed by atoms with Gasteiger partial charge in [-0.1, -0.05) is 0 Å². The first-order chi connectivity index (χ1) is 18.7. The second-order valence-electron chi connectivity index (χ2n) is 9.40.